The number of para-hydroxylation sites is 2. The third-order valence-corrected chi connectivity index (χ3v) is 9.56. The van der Waals surface area contributed by atoms with Gasteiger partial charge in [0, 0.05) is 51.2 Å². The molecular weight excluding hydrogens is 695 g/mol. The molecule has 0 unspecified atom stereocenters. The Morgan fingerprint density at radius 1 is 1.04 bits per heavy atom. The van der Waals surface area contributed by atoms with Crippen molar-refractivity contribution in [1.29, 1.82) is 5.41 Å². The number of hydrogen-bond donors (Lipinski definition) is 4. The van der Waals surface area contributed by atoms with Crippen LogP contribution in [0.1, 0.15) is 69.1 Å². The normalized spacial score (nSPS) is 15.9. The van der Waals surface area contributed by atoms with E-state index in [4.69, 9.17) is 30.6 Å². The lowest BCUT2D eigenvalue weighted by Crippen LogP contribution is -2.48. The number of piperidine rings is 1. The number of carbonyl (C=O) groups excluding carboxylic acids is 1. The van der Waals surface area contributed by atoms with Crippen molar-refractivity contribution in [2.45, 2.75) is 58.0 Å². The number of anilines is 1. The molecule has 13 nitrogen and oxygen atoms in total. The third kappa shape index (κ3) is 12.2. The number of phenols is 1. The summed E-state index contributed by atoms with van der Waals surface area (Å²) >= 11 is 0. The number of aromatic nitrogens is 2. The summed E-state index contributed by atoms with van der Waals surface area (Å²) < 4.78 is 11.3. The molecule has 1 aromatic heterocycles. The Balaban J connectivity index is 1.01. The Bertz CT molecular complexity index is 1860. The van der Waals surface area contributed by atoms with Crippen LogP contribution in [0, 0.1) is 17.3 Å². The van der Waals surface area contributed by atoms with Crippen molar-refractivity contribution in [1.82, 2.24) is 25.1 Å². The van der Waals surface area contributed by atoms with E-state index >= 15 is 0 Å². The van der Waals surface area contributed by atoms with Gasteiger partial charge in [-0.2, -0.15) is 0 Å². The predicted molar refractivity (Wildman–Crippen MR) is 217 cm³/mol. The number of amides is 1. The van der Waals surface area contributed by atoms with Crippen LogP contribution in [0.2, 0.25) is 0 Å². The molecule has 2 fully saturated rings. The lowest BCUT2D eigenvalue weighted by Gasteiger charge is -2.37. The van der Waals surface area contributed by atoms with E-state index in [9.17, 15) is 9.90 Å². The number of nitrogens with one attached hydrogen (secondary N) is 2. The second kappa shape index (κ2) is 19.6. The van der Waals surface area contributed by atoms with E-state index in [-0.39, 0.29) is 18.0 Å². The maximum atomic E-state index is 11.8. The number of rotatable bonds is 13. The summed E-state index contributed by atoms with van der Waals surface area (Å²) in [4.78, 5) is 32.4. The maximum absolute atomic E-state index is 11.8. The molecule has 55 heavy (non-hydrogen) atoms. The molecule has 0 spiro atoms. The first-order valence-electron chi connectivity index (χ1n) is 19.0. The highest BCUT2D eigenvalue weighted by Gasteiger charge is 2.25. The molecule has 5 rings (SSSR count). The van der Waals surface area contributed by atoms with Crippen LogP contribution < -0.4 is 20.7 Å². The number of amidine groups is 1. The molecule has 3 heterocycles. The Labute approximate surface area is 325 Å². The number of allylic oxidation sites excluding steroid dienone is 1. The van der Waals surface area contributed by atoms with Crippen LogP contribution in [0.5, 0.6) is 11.5 Å². The Morgan fingerprint density at radius 2 is 1.73 bits per heavy atom. The number of piperazine rings is 1. The molecule has 0 atom stereocenters. The number of likely N-dealkylation sites (tertiary alicyclic amines) is 1. The van der Waals surface area contributed by atoms with Crippen molar-refractivity contribution in [3.05, 3.63) is 89.4 Å². The summed E-state index contributed by atoms with van der Waals surface area (Å²) in [5.74, 6) is 8.40. The van der Waals surface area contributed by atoms with E-state index in [0.717, 1.165) is 62.6 Å². The van der Waals surface area contributed by atoms with Crippen LogP contribution in [0.25, 0.3) is 0 Å². The average molecular weight is 750 g/mol. The molecule has 2 aliphatic heterocycles. The standard InChI is InChI=1S/C42H55N9O4/c1-42(2,3)55-41(53)46-19-11-13-32-12-5-8-16-38(32)54-27-10-9-20-49-21-17-31(18-22-49)33-29-47-40(48-30-33)51-25-23-50(24-26-51)36(39(44)45-4)28-35(43)34-14-6-7-15-37(34)52/h5-8,12,14-16,28-31,43,52H,9-10,17-27H2,1-4H3,(H2,44,45)(H,46,53)/b36-28+,43-35?. The van der Waals surface area contributed by atoms with Gasteiger partial charge in [0.2, 0.25) is 5.95 Å². The largest absolute Gasteiger partial charge is 0.507 e. The van der Waals surface area contributed by atoms with E-state index in [2.05, 4.69) is 36.8 Å². The van der Waals surface area contributed by atoms with Gasteiger partial charge in [0.05, 0.1) is 30.1 Å². The highest BCUT2D eigenvalue weighted by molar-refractivity contribution is 6.12. The monoisotopic (exact) mass is 749 g/mol. The van der Waals surface area contributed by atoms with Crippen LogP contribution in [0.4, 0.5) is 10.7 Å². The Morgan fingerprint density at radius 3 is 2.42 bits per heavy atom. The van der Waals surface area contributed by atoms with Gasteiger partial charge in [0.1, 0.15) is 22.9 Å². The molecular formula is C42H55N9O4. The fourth-order valence-electron chi connectivity index (χ4n) is 6.59. The smallest absolute Gasteiger partial charge is 0.408 e. The topological polar surface area (TPSA) is 166 Å². The van der Waals surface area contributed by atoms with Crippen LogP contribution in [0.15, 0.2) is 77.7 Å². The first kappa shape index (κ1) is 40.6. The van der Waals surface area contributed by atoms with E-state index in [1.54, 1.807) is 37.4 Å². The number of ether oxygens (including phenoxy) is 2. The molecule has 1 amide bonds. The zero-order chi connectivity index (χ0) is 39.2. The molecule has 0 saturated carbocycles. The summed E-state index contributed by atoms with van der Waals surface area (Å²) in [5.41, 5.74) is 8.99. The van der Waals surface area contributed by atoms with Gasteiger partial charge in [-0.05, 0) is 108 Å². The van der Waals surface area contributed by atoms with Gasteiger partial charge in [0.25, 0.3) is 0 Å². The number of hydrogen-bond acceptors (Lipinski definition) is 11. The molecule has 0 radical (unpaired) electrons. The maximum Gasteiger partial charge on any atom is 0.408 e. The van der Waals surface area contributed by atoms with Gasteiger partial charge in [-0.25, -0.2) is 14.8 Å². The summed E-state index contributed by atoms with van der Waals surface area (Å²) in [6.07, 6.45) is 9.34. The van der Waals surface area contributed by atoms with Crippen molar-refractivity contribution < 1.29 is 19.4 Å². The van der Waals surface area contributed by atoms with E-state index in [1.165, 1.54) is 5.56 Å². The zero-order valence-electron chi connectivity index (χ0n) is 32.6. The first-order valence-corrected chi connectivity index (χ1v) is 19.0. The lowest BCUT2D eigenvalue weighted by molar-refractivity contribution is 0.0535. The zero-order valence-corrected chi connectivity index (χ0v) is 32.6. The van der Waals surface area contributed by atoms with Crippen molar-refractivity contribution in [2.75, 3.05) is 70.9 Å². The molecule has 2 saturated heterocycles. The molecule has 3 aromatic rings. The lowest BCUT2D eigenvalue weighted by atomic mass is 9.91. The van der Waals surface area contributed by atoms with Crippen molar-refractivity contribution >= 4 is 23.6 Å². The van der Waals surface area contributed by atoms with Crippen molar-refractivity contribution in [2.24, 2.45) is 10.7 Å². The van der Waals surface area contributed by atoms with Crippen LogP contribution in [-0.2, 0) is 4.74 Å². The second-order valence-electron chi connectivity index (χ2n) is 14.7. The summed E-state index contributed by atoms with van der Waals surface area (Å²) in [7, 11) is 1.64. The fourth-order valence-corrected chi connectivity index (χ4v) is 6.59. The highest BCUT2D eigenvalue weighted by Crippen LogP contribution is 2.28. The summed E-state index contributed by atoms with van der Waals surface area (Å²) in [5, 5.41) is 21.5. The van der Waals surface area contributed by atoms with Gasteiger partial charge in [0.15, 0.2) is 0 Å². The van der Waals surface area contributed by atoms with Crippen LogP contribution in [-0.4, -0.2) is 114 Å². The van der Waals surface area contributed by atoms with Gasteiger partial charge in [-0.3, -0.25) is 4.99 Å². The van der Waals surface area contributed by atoms with Gasteiger partial charge < -0.3 is 45.7 Å². The first-order chi connectivity index (χ1) is 26.5. The predicted octanol–water partition coefficient (Wildman–Crippen LogP) is 5.16. The number of aromatic hydroxyl groups is 1. The van der Waals surface area contributed by atoms with Gasteiger partial charge in [-0.1, -0.05) is 36.1 Å². The number of phenolic OH excluding ortho intramolecular Hbond substituents is 1. The molecule has 2 aliphatic rings. The summed E-state index contributed by atoms with van der Waals surface area (Å²) in [6, 6.07) is 14.5. The number of nitrogens with zero attached hydrogens (tertiary/aromatic N) is 6. The minimum atomic E-state index is -0.547. The quantitative estimate of drug-likeness (QED) is 0.0795. The molecule has 0 bridgehead atoms. The minimum Gasteiger partial charge on any atom is -0.507 e. The Kier molecular flexibility index (Phi) is 14.5. The molecule has 2 aromatic carbocycles. The van der Waals surface area contributed by atoms with E-state index in [1.807, 2.05) is 57.4 Å². The van der Waals surface area contributed by atoms with Gasteiger partial charge in [-0.15, -0.1) is 0 Å². The highest BCUT2D eigenvalue weighted by atomic mass is 16.6. The summed E-state index contributed by atoms with van der Waals surface area (Å²) in [6.45, 7) is 12.2. The molecule has 5 N–H and O–H groups in total. The van der Waals surface area contributed by atoms with Crippen molar-refractivity contribution in [3.63, 3.8) is 0 Å². The fraction of sp³-hybridized carbons (Fsp3) is 0.452. The SMILES string of the molecule is CN=C(N)/C(=C\C(=N)c1ccccc1O)N1CCN(c2ncc(C3CCN(CCCCOc4ccccc4C#CCNC(=O)OC(C)(C)C)CC3)cn2)CC1. The number of aliphatic imine (C=N–C) groups is 1. The van der Waals surface area contributed by atoms with Crippen LogP contribution in [0.3, 0.4) is 0 Å². The van der Waals surface area contributed by atoms with Crippen LogP contribution >= 0.6 is 0 Å². The van der Waals surface area contributed by atoms with E-state index < -0.39 is 11.7 Å². The van der Waals surface area contributed by atoms with Gasteiger partial charge >= 0.3 is 6.09 Å². The second-order valence-corrected chi connectivity index (χ2v) is 14.7. The number of benzene rings is 2. The Hall–Kier alpha value is -5.61. The molecule has 13 heteroatoms. The number of unbranched alkanes of at least 4 members (excludes halogenated alkanes) is 1. The number of alkyl carbamates (subject to hydrolysis) is 1. The average Bonchev–Trinajstić information content (AvgIpc) is 3.18. The number of carbonyl (C=O) groups is 1. The van der Waals surface area contributed by atoms with E-state index in [0.29, 0.717) is 55.8 Å². The third-order valence-electron chi connectivity index (χ3n) is 9.56. The number of nitrogens with two attached hydrogens (primary N) is 1. The van der Waals surface area contributed by atoms with Crippen molar-refractivity contribution in [3.8, 4) is 23.3 Å². The molecule has 0 aliphatic carbocycles. The minimum absolute atomic E-state index is 0.0551. The molecule has 292 valence electrons.